The molecule has 0 aliphatic carbocycles. The fourth-order valence-electron chi connectivity index (χ4n) is 1.31. The Bertz CT molecular complexity index is 586. The molecule has 0 saturated carbocycles. The number of halogens is 1. The number of hydrogen-bond donors (Lipinski definition) is 0. The summed E-state index contributed by atoms with van der Waals surface area (Å²) in [5.74, 6) is 0. The zero-order valence-corrected chi connectivity index (χ0v) is 9.32. The molecule has 0 aliphatic heterocycles. The quantitative estimate of drug-likeness (QED) is 0.731. The summed E-state index contributed by atoms with van der Waals surface area (Å²) in [5.41, 5.74) is 0.886. The predicted octanol–water partition coefficient (Wildman–Crippen LogP) is 3.41. The van der Waals surface area contributed by atoms with Gasteiger partial charge in [0, 0.05) is 14.6 Å². The predicted molar refractivity (Wildman–Crippen MR) is 59.0 cm³/mol. The first-order valence-corrected chi connectivity index (χ1v) is 5.45. The van der Waals surface area contributed by atoms with Gasteiger partial charge in [-0.05, 0) is 33.4 Å². The molecule has 1 aromatic carbocycles. The van der Waals surface area contributed by atoms with Crippen molar-refractivity contribution in [2.75, 3.05) is 0 Å². The summed E-state index contributed by atoms with van der Waals surface area (Å²) in [6.07, 6.45) is 0. The Hall–Kier alpha value is -1.36. The summed E-state index contributed by atoms with van der Waals surface area (Å²) in [4.78, 5) is 0. The fraction of sp³-hybridized carbons (Fsp3) is 0. The minimum absolute atomic E-state index is 0.422. The van der Waals surface area contributed by atoms with Gasteiger partial charge < -0.3 is 0 Å². The van der Waals surface area contributed by atoms with Crippen molar-refractivity contribution >= 4 is 37.4 Å². The lowest BCUT2D eigenvalue weighted by Gasteiger charge is -1.98. The van der Waals surface area contributed by atoms with E-state index in [2.05, 4.69) is 22.0 Å². The SMILES string of the molecule is N#Cc1cc(Br)c2sccc2c1C#N. The Morgan fingerprint density at radius 1 is 1.29 bits per heavy atom. The van der Waals surface area contributed by atoms with Gasteiger partial charge in [-0.15, -0.1) is 11.3 Å². The zero-order chi connectivity index (χ0) is 10.1. The number of rotatable bonds is 0. The smallest absolute Gasteiger partial charge is 0.101 e. The monoisotopic (exact) mass is 262 g/mol. The minimum atomic E-state index is 0.422. The summed E-state index contributed by atoms with van der Waals surface area (Å²) in [7, 11) is 0. The molecule has 14 heavy (non-hydrogen) atoms. The normalized spacial score (nSPS) is 9.64. The summed E-state index contributed by atoms with van der Waals surface area (Å²) < 4.78 is 1.89. The van der Waals surface area contributed by atoms with Crippen LogP contribution in [0, 0.1) is 22.7 Å². The van der Waals surface area contributed by atoms with Crippen LogP contribution in [0.2, 0.25) is 0 Å². The number of nitriles is 2. The van der Waals surface area contributed by atoms with E-state index in [1.165, 1.54) is 0 Å². The molecular formula is C10H3BrN2S. The van der Waals surface area contributed by atoms with Crippen molar-refractivity contribution in [3.63, 3.8) is 0 Å². The van der Waals surface area contributed by atoms with Gasteiger partial charge in [0.1, 0.15) is 12.1 Å². The number of fused-ring (bicyclic) bond motifs is 1. The minimum Gasteiger partial charge on any atom is -0.192 e. The lowest BCUT2D eigenvalue weighted by atomic mass is 10.1. The Morgan fingerprint density at radius 2 is 2.07 bits per heavy atom. The summed E-state index contributed by atoms with van der Waals surface area (Å²) in [5, 5.41) is 20.6. The molecule has 0 aliphatic rings. The van der Waals surface area contributed by atoms with Crippen LogP contribution in [-0.4, -0.2) is 0 Å². The van der Waals surface area contributed by atoms with E-state index < -0.39 is 0 Å². The molecule has 0 N–H and O–H groups in total. The van der Waals surface area contributed by atoms with Crippen LogP contribution in [0.1, 0.15) is 11.1 Å². The van der Waals surface area contributed by atoms with Crippen molar-refractivity contribution in [2.24, 2.45) is 0 Å². The van der Waals surface area contributed by atoms with Gasteiger partial charge in [-0.2, -0.15) is 10.5 Å². The molecule has 0 saturated heterocycles. The van der Waals surface area contributed by atoms with E-state index >= 15 is 0 Å². The van der Waals surface area contributed by atoms with Gasteiger partial charge in [0.05, 0.1) is 11.1 Å². The van der Waals surface area contributed by atoms with Gasteiger partial charge >= 0.3 is 0 Å². The number of hydrogen-bond acceptors (Lipinski definition) is 3. The van der Waals surface area contributed by atoms with E-state index in [1.807, 2.05) is 17.5 Å². The van der Waals surface area contributed by atoms with Crippen molar-refractivity contribution in [2.45, 2.75) is 0 Å². The van der Waals surface area contributed by atoms with E-state index in [9.17, 15) is 0 Å². The average Bonchev–Trinajstić information content (AvgIpc) is 2.66. The topological polar surface area (TPSA) is 47.6 Å². The molecule has 0 bridgehead atoms. The second-order valence-corrected chi connectivity index (χ2v) is 4.44. The molecule has 0 atom stereocenters. The second kappa shape index (κ2) is 3.42. The van der Waals surface area contributed by atoms with E-state index in [0.29, 0.717) is 11.1 Å². The van der Waals surface area contributed by atoms with Crippen LogP contribution >= 0.6 is 27.3 Å². The highest BCUT2D eigenvalue weighted by Crippen LogP contribution is 2.33. The van der Waals surface area contributed by atoms with E-state index in [-0.39, 0.29) is 0 Å². The Kier molecular flexibility index (Phi) is 2.25. The highest BCUT2D eigenvalue weighted by atomic mass is 79.9. The first-order chi connectivity index (χ1) is 6.77. The number of nitrogens with zero attached hydrogens (tertiary/aromatic N) is 2. The molecule has 0 spiro atoms. The van der Waals surface area contributed by atoms with Gasteiger partial charge in [-0.25, -0.2) is 0 Å². The van der Waals surface area contributed by atoms with Gasteiger partial charge in [0.2, 0.25) is 0 Å². The molecule has 0 fully saturated rings. The molecule has 66 valence electrons. The summed E-state index contributed by atoms with van der Waals surface area (Å²) >= 11 is 4.94. The molecule has 0 radical (unpaired) electrons. The molecule has 2 nitrogen and oxygen atoms in total. The van der Waals surface area contributed by atoms with Crippen LogP contribution < -0.4 is 0 Å². The summed E-state index contributed by atoms with van der Waals surface area (Å²) in [6, 6.07) is 7.64. The molecule has 0 unspecified atom stereocenters. The third kappa shape index (κ3) is 1.21. The lowest BCUT2D eigenvalue weighted by molar-refractivity contribution is 1.45. The third-order valence-electron chi connectivity index (χ3n) is 1.92. The standard InChI is InChI=1S/C10H3BrN2S/c11-9-3-6(4-12)8(5-13)7-1-2-14-10(7)9/h1-3H. The first kappa shape index (κ1) is 9.21. The molecule has 0 amide bonds. The van der Waals surface area contributed by atoms with Gasteiger partial charge in [0.15, 0.2) is 0 Å². The first-order valence-electron chi connectivity index (χ1n) is 3.78. The Morgan fingerprint density at radius 3 is 2.71 bits per heavy atom. The summed E-state index contributed by atoms with van der Waals surface area (Å²) in [6.45, 7) is 0. The highest BCUT2D eigenvalue weighted by molar-refractivity contribution is 9.10. The van der Waals surface area contributed by atoms with Crippen molar-refractivity contribution < 1.29 is 0 Å². The third-order valence-corrected chi connectivity index (χ3v) is 3.76. The van der Waals surface area contributed by atoms with E-state index in [1.54, 1.807) is 17.4 Å². The van der Waals surface area contributed by atoms with Crippen LogP contribution in [0.15, 0.2) is 22.0 Å². The maximum atomic E-state index is 8.95. The molecule has 2 rings (SSSR count). The Labute approximate surface area is 93.1 Å². The molecule has 1 aromatic heterocycles. The zero-order valence-electron chi connectivity index (χ0n) is 6.91. The maximum Gasteiger partial charge on any atom is 0.101 e. The molecule has 4 heteroatoms. The van der Waals surface area contributed by atoms with Gasteiger partial charge in [-0.1, -0.05) is 0 Å². The molecule has 1 heterocycles. The average molecular weight is 263 g/mol. The van der Waals surface area contributed by atoms with Gasteiger partial charge in [-0.3, -0.25) is 0 Å². The highest BCUT2D eigenvalue weighted by Gasteiger charge is 2.10. The maximum absolute atomic E-state index is 8.95. The molecular weight excluding hydrogens is 260 g/mol. The van der Waals surface area contributed by atoms with E-state index in [0.717, 1.165) is 14.6 Å². The van der Waals surface area contributed by atoms with Crippen molar-refractivity contribution in [3.05, 3.63) is 33.1 Å². The second-order valence-electron chi connectivity index (χ2n) is 2.67. The van der Waals surface area contributed by atoms with Crippen LogP contribution in [-0.2, 0) is 0 Å². The van der Waals surface area contributed by atoms with Crippen molar-refractivity contribution in [1.29, 1.82) is 10.5 Å². The largest absolute Gasteiger partial charge is 0.192 e. The van der Waals surface area contributed by atoms with Crippen LogP contribution in [0.25, 0.3) is 10.1 Å². The van der Waals surface area contributed by atoms with Crippen LogP contribution in [0.4, 0.5) is 0 Å². The van der Waals surface area contributed by atoms with Crippen LogP contribution in [0.5, 0.6) is 0 Å². The van der Waals surface area contributed by atoms with Gasteiger partial charge in [0.25, 0.3) is 0 Å². The van der Waals surface area contributed by atoms with Crippen LogP contribution in [0.3, 0.4) is 0 Å². The number of thiophene rings is 1. The number of benzene rings is 1. The van der Waals surface area contributed by atoms with Crippen molar-refractivity contribution in [1.82, 2.24) is 0 Å². The lowest BCUT2D eigenvalue weighted by Crippen LogP contribution is -1.84. The van der Waals surface area contributed by atoms with E-state index in [4.69, 9.17) is 10.5 Å². The van der Waals surface area contributed by atoms with Crippen molar-refractivity contribution in [3.8, 4) is 12.1 Å². The molecule has 2 aromatic rings. The fourth-order valence-corrected chi connectivity index (χ4v) is 2.84. The Balaban J connectivity index is 3.00.